The molecule has 0 aliphatic heterocycles. The largest absolute Gasteiger partial charge is 0.481 e. The normalized spacial score (nSPS) is 8.43. The van der Waals surface area contributed by atoms with Gasteiger partial charge in [-0.05, 0) is 30.5 Å². The minimum atomic E-state index is -0.774. The van der Waals surface area contributed by atoms with Crippen LogP contribution in [0.1, 0.15) is 16.7 Å². The van der Waals surface area contributed by atoms with E-state index < -0.39 is 5.97 Å². The zero-order valence-corrected chi connectivity index (χ0v) is 9.02. The molecule has 4 heteroatoms. The van der Waals surface area contributed by atoms with Crippen molar-refractivity contribution in [1.29, 1.82) is 0 Å². The summed E-state index contributed by atoms with van der Waals surface area (Å²) in [4.78, 5) is 10.4. The maximum atomic E-state index is 10.4. The molecule has 0 amide bonds. The van der Waals surface area contributed by atoms with Gasteiger partial charge in [0.1, 0.15) is 0 Å². The smallest absolute Gasteiger partial charge is 0.307 e. The Morgan fingerprint density at radius 1 is 1.36 bits per heavy atom. The minimum absolute atomic E-state index is 0. The highest BCUT2D eigenvalue weighted by Crippen LogP contribution is 2.12. The molecule has 1 aromatic rings. The van der Waals surface area contributed by atoms with Gasteiger partial charge in [-0.15, -0.1) is 12.4 Å². The van der Waals surface area contributed by atoms with E-state index >= 15 is 0 Å². The quantitative estimate of drug-likeness (QED) is 0.818. The summed E-state index contributed by atoms with van der Waals surface area (Å²) in [7, 11) is 0. The maximum Gasteiger partial charge on any atom is 0.307 e. The van der Waals surface area contributed by atoms with Gasteiger partial charge in [0.05, 0.1) is 6.42 Å². The van der Waals surface area contributed by atoms with Crippen LogP contribution < -0.4 is 0 Å². The summed E-state index contributed by atoms with van der Waals surface area (Å²) in [6, 6.07) is 5.73. The number of aryl methyl sites for hydroxylation is 1. The first-order valence-electron chi connectivity index (χ1n) is 3.88. The van der Waals surface area contributed by atoms with E-state index in [9.17, 15) is 4.79 Å². The molecule has 1 aromatic carbocycles. The molecular weight excluding hydrogens is 204 g/mol. The van der Waals surface area contributed by atoms with Crippen molar-refractivity contribution in [3.8, 4) is 0 Å². The molecule has 80 valence electrons. The van der Waals surface area contributed by atoms with E-state index in [0.717, 1.165) is 16.7 Å². The second kappa shape index (κ2) is 6.40. The van der Waals surface area contributed by atoms with Crippen LogP contribution in [0.5, 0.6) is 0 Å². The minimum Gasteiger partial charge on any atom is -0.481 e. The van der Waals surface area contributed by atoms with Crippen molar-refractivity contribution in [2.45, 2.75) is 20.3 Å². The average Bonchev–Trinajstić information content (AvgIpc) is 1.98. The highest BCUT2D eigenvalue weighted by atomic mass is 35.5. The first kappa shape index (κ1) is 15.4. The Kier molecular flexibility index (Phi) is 7.05. The maximum absolute atomic E-state index is 10.4. The Morgan fingerprint density at radius 3 is 2.43 bits per heavy atom. The molecule has 0 bridgehead atoms. The molecule has 1 rings (SSSR count). The Bertz CT molecular complexity index is 310. The van der Waals surface area contributed by atoms with Crippen molar-refractivity contribution in [1.82, 2.24) is 0 Å². The molecule has 0 atom stereocenters. The molecule has 0 saturated carbocycles. The number of hydrogen-bond acceptors (Lipinski definition) is 1. The molecule has 0 saturated heterocycles. The lowest BCUT2D eigenvalue weighted by molar-refractivity contribution is -0.136. The molecule has 0 aliphatic carbocycles. The number of rotatable bonds is 2. The van der Waals surface area contributed by atoms with Crippen molar-refractivity contribution in [2.75, 3.05) is 0 Å². The van der Waals surface area contributed by atoms with Crippen molar-refractivity contribution < 1.29 is 15.4 Å². The fourth-order valence-electron chi connectivity index (χ4n) is 1.17. The van der Waals surface area contributed by atoms with Crippen LogP contribution in [0.2, 0.25) is 0 Å². The fourth-order valence-corrected chi connectivity index (χ4v) is 1.17. The summed E-state index contributed by atoms with van der Waals surface area (Å²) in [5.41, 5.74) is 3.14. The lowest BCUT2D eigenvalue weighted by Gasteiger charge is -2.04. The number of halogens is 1. The van der Waals surface area contributed by atoms with Crippen LogP contribution in [0.3, 0.4) is 0 Å². The van der Waals surface area contributed by atoms with Crippen LogP contribution in [0.25, 0.3) is 0 Å². The summed E-state index contributed by atoms with van der Waals surface area (Å²) in [5, 5.41) is 8.58. The topological polar surface area (TPSA) is 68.8 Å². The second-order valence-electron chi connectivity index (χ2n) is 2.93. The molecule has 3 nitrogen and oxygen atoms in total. The number of hydrogen-bond donors (Lipinski definition) is 1. The van der Waals surface area contributed by atoms with Crippen LogP contribution in [0.15, 0.2) is 18.2 Å². The van der Waals surface area contributed by atoms with Gasteiger partial charge >= 0.3 is 5.97 Å². The van der Waals surface area contributed by atoms with Gasteiger partial charge in [0.25, 0.3) is 0 Å². The van der Waals surface area contributed by atoms with Gasteiger partial charge in [-0.25, -0.2) is 0 Å². The third kappa shape index (κ3) is 3.77. The number of carboxylic acid groups (broad SMARTS) is 1. The lowest BCUT2D eigenvalue weighted by Crippen LogP contribution is -2.02. The molecule has 3 N–H and O–H groups in total. The zero-order valence-electron chi connectivity index (χ0n) is 8.20. The fraction of sp³-hybridized carbons (Fsp3) is 0.300. The van der Waals surface area contributed by atoms with Gasteiger partial charge in [-0.1, -0.05) is 18.2 Å². The van der Waals surface area contributed by atoms with E-state index in [1.54, 1.807) is 0 Å². The van der Waals surface area contributed by atoms with Gasteiger partial charge in [-0.2, -0.15) is 0 Å². The van der Waals surface area contributed by atoms with Gasteiger partial charge in [0, 0.05) is 0 Å². The van der Waals surface area contributed by atoms with Crippen LogP contribution in [-0.2, 0) is 11.2 Å². The number of carboxylic acids is 1. The predicted molar refractivity (Wildman–Crippen MR) is 58.1 cm³/mol. The van der Waals surface area contributed by atoms with E-state index in [4.69, 9.17) is 5.11 Å². The molecule has 0 fully saturated rings. The number of benzene rings is 1. The molecular formula is C10H15ClO3. The van der Waals surface area contributed by atoms with E-state index in [-0.39, 0.29) is 24.3 Å². The predicted octanol–water partition coefficient (Wildman–Crippen LogP) is 1.53. The number of aliphatic carboxylic acids is 1. The third-order valence-electron chi connectivity index (χ3n) is 2.06. The van der Waals surface area contributed by atoms with E-state index in [1.165, 1.54) is 0 Å². The summed E-state index contributed by atoms with van der Waals surface area (Å²) in [5.74, 6) is -0.774. The molecule has 0 unspecified atom stereocenters. The zero-order chi connectivity index (χ0) is 9.14. The first-order valence-corrected chi connectivity index (χ1v) is 3.88. The highest BCUT2D eigenvalue weighted by molar-refractivity contribution is 5.85. The van der Waals surface area contributed by atoms with Gasteiger partial charge in [-0.3, -0.25) is 4.79 Å². The summed E-state index contributed by atoms with van der Waals surface area (Å²) in [6.45, 7) is 3.94. The van der Waals surface area contributed by atoms with Gasteiger partial charge < -0.3 is 10.6 Å². The molecule has 14 heavy (non-hydrogen) atoms. The van der Waals surface area contributed by atoms with Crippen LogP contribution in [0.4, 0.5) is 0 Å². The molecule has 0 radical (unpaired) electrons. The van der Waals surface area contributed by atoms with Crippen LogP contribution in [-0.4, -0.2) is 16.6 Å². The Labute approximate surface area is 89.5 Å². The molecule has 0 spiro atoms. The summed E-state index contributed by atoms with van der Waals surface area (Å²) < 4.78 is 0. The molecule has 0 aliphatic rings. The number of carbonyl (C=O) groups is 1. The van der Waals surface area contributed by atoms with Crippen LogP contribution in [0, 0.1) is 13.8 Å². The third-order valence-corrected chi connectivity index (χ3v) is 2.06. The Balaban J connectivity index is 0. The lowest BCUT2D eigenvalue weighted by atomic mass is 10.0. The van der Waals surface area contributed by atoms with E-state index in [2.05, 4.69) is 0 Å². The SMILES string of the molecule is Cc1cccc(CC(=O)O)c1C.Cl.O. The molecule has 0 heterocycles. The second-order valence-corrected chi connectivity index (χ2v) is 2.93. The van der Waals surface area contributed by atoms with Crippen molar-refractivity contribution >= 4 is 18.4 Å². The molecule has 0 aromatic heterocycles. The van der Waals surface area contributed by atoms with Crippen molar-refractivity contribution in [3.63, 3.8) is 0 Å². The first-order chi connectivity index (χ1) is 5.61. The van der Waals surface area contributed by atoms with E-state index in [1.807, 2.05) is 32.0 Å². The Morgan fingerprint density at radius 2 is 1.93 bits per heavy atom. The van der Waals surface area contributed by atoms with Gasteiger partial charge in [0.2, 0.25) is 0 Å². The van der Waals surface area contributed by atoms with E-state index in [0.29, 0.717) is 0 Å². The standard InChI is InChI=1S/C10H12O2.ClH.H2O/c1-7-4-3-5-9(8(7)2)6-10(11)12;;/h3-5H,6H2,1-2H3,(H,11,12);1H;1H2. The monoisotopic (exact) mass is 218 g/mol. The van der Waals surface area contributed by atoms with Crippen molar-refractivity contribution in [3.05, 3.63) is 34.9 Å². The summed E-state index contributed by atoms with van der Waals surface area (Å²) in [6.07, 6.45) is 0.119. The summed E-state index contributed by atoms with van der Waals surface area (Å²) >= 11 is 0. The van der Waals surface area contributed by atoms with Gasteiger partial charge in [0.15, 0.2) is 0 Å². The highest BCUT2D eigenvalue weighted by Gasteiger charge is 2.04. The van der Waals surface area contributed by atoms with Crippen molar-refractivity contribution in [2.24, 2.45) is 0 Å². The average molecular weight is 219 g/mol. The van der Waals surface area contributed by atoms with Crippen LogP contribution >= 0.6 is 12.4 Å². The Hall–Kier alpha value is -1.06.